The van der Waals surface area contributed by atoms with Gasteiger partial charge in [0.25, 0.3) is 0 Å². The lowest BCUT2D eigenvalue weighted by molar-refractivity contribution is -0.137. The maximum absolute atomic E-state index is 12.9. The van der Waals surface area contributed by atoms with Gasteiger partial charge < -0.3 is 11.1 Å². The number of aromatic nitrogens is 3. The van der Waals surface area contributed by atoms with Crippen molar-refractivity contribution in [2.75, 3.05) is 0 Å². The van der Waals surface area contributed by atoms with Gasteiger partial charge in [-0.3, -0.25) is 4.40 Å². The predicted octanol–water partition coefficient (Wildman–Crippen LogP) is 3.76. The van der Waals surface area contributed by atoms with Crippen LogP contribution >= 0.6 is 35.6 Å². The minimum Gasteiger partial charge on any atom is -0.370 e. The quantitative estimate of drug-likeness (QED) is 0.381. The van der Waals surface area contributed by atoms with E-state index < -0.39 is 11.7 Å². The van der Waals surface area contributed by atoms with E-state index in [0.29, 0.717) is 6.04 Å². The number of hydrogen-bond acceptors (Lipinski definition) is 3. The Morgan fingerprint density at radius 1 is 1.31 bits per heavy atom. The zero-order valence-corrected chi connectivity index (χ0v) is 16.8. The van der Waals surface area contributed by atoms with Crippen LogP contribution in [0.15, 0.2) is 17.3 Å². The second-order valence-corrected chi connectivity index (χ2v) is 6.47. The molecular weight excluding hydrogens is 484 g/mol. The summed E-state index contributed by atoms with van der Waals surface area (Å²) >= 11 is 5.88. The van der Waals surface area contributed by atoms with Gasteiger partial charge in [0.2, 0.25) is 0 Å². The van der Waals surface area contributed by atoms with E-state index in [1.54, 1.807) is 0 Å². The maximum atomic E-state index is 12.9. The van der Waals surface area contributed by atoms with Gasteiger partial charge in [-0.2, -0.15) is 13.2 Å². The van der Waals surface area contributed by atoms with Gasteiger partial charge in [-0.25, -0.2) is 4.99 Å². The van der Waals surface area contributed by atoms with Gasteiger partial charge in [0, 0.05) is 12.2 Å². The lowest BCUT2D eigenvalue weighted by atomic mass is 9.96. The first-order valence-corrected chi connectivity index (χ1v) is 8.39. The van der Waals surface area contributed by atoms with Gasteiger partial charge >= 0.3 is 6.18 Å². The van der Waals surface area contributed by atoms with Crippen LogP contribution in [-0.2, 0) is 12.7 Å². The Morgan fingerprint density at radius 2 is 2.00 bits per heavy atom. The maximum Gasteiger partial charge on any atom is 0.417 e. The highest BCUT2D eigenvalue weighted by Crippen LogP contribution is 2.32. The Morgan fingerprint density at radius 3 is 2.65 bits per heavy atom. The van der Waals surface area contributed by atoms with E-state index in [-0.39, 0.29) is 53.0 Å². The summed E-state index contributed by atoms with van der Waals surface area (Å²) in [5.41, 5.74) is 5.15. The number of nitrogens with one attached hydrogen (secondary N) is 1. The third kappa shape index (κ3) is 4.90. The third-order valence-corrected chi connectivity index (χ3v) is 4.48. The second kappa shape index (κ2) is 8.59. The van der Waals surface area contributed by atoms with Crippen LogP contribution in [-0.4, -0.2) is 26.6 Å². The first-order valence-electron chi connectivity index (χ1n) is 8.01. The highest BCUT2D eigenvalue weighted by atomic mass is 127. The molecule has 0 bridgehead atoms. The van der Waals surface area contributed by atoms with Crippen molar-refractivity contribution in [3.05, 3.63) is 28.7 Å². The fraction of sp³-hybridized carbons (Fsp3) is 0.533. The SMILES string of the molecule is I.NC(=NCc1nnc2c(Cl)cc(C(F)(F)F)cn12)NC1CCCCC1. The van der Waals surface area contributed by atoms with E-state index in [2.05, 4.69) is 20.5 Å². The molecule has 11 heteroatoms. The van der Waals surface area contributed by atoms with Crippen molar-refractivity contribution in [3.63, 3.8) is 0 Å². The topological polar surface area (TPSA) is 80.6 Å². The molecule has 1 saturated carbocycles. The Bertz CT molecular complexity index is 786. The number of hydrogen-bond donors (Lipinski definition) is 2. The van der Waals surface area contributed by atoms with Gasteiger partial charge in [0.1, 0.15) is 6.54 Å². The van der Waals surface area contributed by atoms with E-state index in [1.807, 2.05) is 0 Å². The Balaban J connectivity index is 0.00000243. The zero-order valence-electron chi connectivity index (χ0n) is 13.8. The molecule has 1 aliphatic carbocycles. The average molecular weight is 503 g/mol. The van der Waals surface area contributed by atoms with E-state index in [1.165, 1.54) is 10.8 Å². The molecule has 0 saturated heterocycles. The third-order valence-electron chi connectivity index (χ3n) is 4.21. The average Bonchev–Trinajstić information content (AvgIpc) is 2.97. The summed E-state index contributed by atoms with van der Waals surface area (Å²) in [4.78, 5) is 4.17. The number of fused-ring (bicyclic) bond motifs is 1. The molecule has 0 aromatic carbocycles. The highest BCUT2D eigenvalue weighted by Gasteiger charge is 2.32. The molecule has 6 nitrogen and oxygen atoms in total. The number of alkyl halides is 3. The predicted molar refractivity (Wildman–Crippen MR) is 104 cm³/mol. The largest absolute Gasteiger partial charge is 0.417 e. The molecule has 144 valence electrons. The van der Waals surface area contributed by atoms with Crippen molar-refractivity contribution in [3.8, 4) is 0 Å². The van der Waals surface area contributed by atoms with E-state index in [9.17, 15) is 13.2 Å². The zero-order chi connectivity index (χ0) is 18.0. The molecule has 0 spiro atoms. The molecule has 2 heterocycles. The van der Waals surface area contributed by atoms with Crippen LogP contribution in [0.5, 0.6) is 0 Å². The molecule has 0 aliphatic heterocycles. The molecule has 3 rings (SSSR count). The normalized spacial score (nSPS) is 16.5. The Kier molecular flexibility index (Phi) is 6.94. The van der Waals surface area contributed by atoms with Crippen molar-refractivity contribution < 1.29 is 13.2 Å². The van der Waals surface area contributed by atoms with Crippen molar-refractivity contribution in [1.82, 2.24) is 19.9 Å². The summed E-state index contributed by atoms with van der Waals surface area (Å²) < 4.78 is 40.0. The minimum absolute atomic E-state index is 0. The molecule has 2 aromatic rings. The van der Waals surface area contributed by atoms with Crippen molar-refractivity contribution >= 4 is 47.2 Å². The van der Waals surface area contributed by atoms with Crippen LogP contribution in [0.1, 0.15) is 43.5 Å². The molecule has 3 N–H and O–H groups in total. The lowest BCUT2D eigenvalue weighted by Crippen LogP contribution is -2.41. The fourth-order valence-electron chi connectivity index (χ4n) is 2.92. The number of pyridine rings is 1. The van der Waals surface area contributed by atoms with Gasteiger partial charge in [-0.1, -0.05) is 30.9 Å². The van der Waals surface area contributed by atoms with Crippen LogP contribution in [0.2, 0.25) is 5.02 Å². The second-order valence-electron chi connectivity index (χ2n) is 6.07. The number of nitrogens with two attached hydrogens (primary N) is 1. The molecule has 2 aromatic heterocycles. The monoisotopic (exact) mass is 502 g/mol. The van der Waals surface area contributed by atoms with Crippen LogP contribution in [0.4, 0.5) is 13.2 Å². The summed E-state index contributed by atoms with van der Waals surface area (Å²) in [7, 11) is 0. The molecule has 1 fully saturated rings. The first-order chi connectivity index (χ1) is 11.8. The fourth-order valence-corrected chi connectivity index (χ4v) is 3.17. The molecule has 0 atom stereocenters. The molecule has 0 unspecified atom stereocenters. The number of aliphatic imine (C=N–C) groups is 1. The van der Waals surface area contributed by atoms with Crippen molar-refractivity contribution in [2.24, 2.45) is 10.7 Å². The van der Waals surface area contributed by atoms with E-state index >= 15 is 0 Å². The number of halogens is 5. The number of nitrogens with zero attached hydrogens (tertiary/aromatic N) is 4. The lowest BCUT2D eigenvalue weighted by Gasteiger charge is -2.23. The van der Waals surface area contributed by atoms with Gasteiger partial charge in [0.05, 0.1) is 10.6 Å². The summed E-state index contributed by atoms with van der Waals surface area (Å²) in [5.74, 6) is 0.484. The van der Waals surface area contributed by atoms with E-state index in [0.717, 1.165) is 37.9 Å². The van der Waals surface area contributed by atoms with Crippen LogP contribution in [0.25, 0.3) is 5.65 Å². The van der Waals surface area contributed by atoms with Crippen LogP contribution in [0, 0.1) is 0 Å². The molecule has 0 radical (unpaired) electrons. The molecular formula is C15H19ClF3IN6. The standard InChI is InChI=1S/C15H18ClF3N6.HI/c16-11-6-9(15(17,18)19)8-25-12(23-24-13(11)25)7-21-14(20)22-10-4-2-1-3-5-10;/h6,8,10H,1-5,7H2,(H3,20,21,22);1H. The first kappa shape index (κ1) is 21.0. The highest BCUT2D eigenvalue weighted by molar-refractivity contribution is 14.0. The molecule has 26 heavy (non-hydrogen) atoms. The van der Waals surface area contributed by atoms with E-state index in [4.69, 9.17) is 17.3 Å². The smallest absolute Gasteiger partial charge is 0.370 e. The summed E-state index contributed by atoms with van der Waals surface area (Å²) in [6.45, 7) is 0.00432. The van der Waals surface area contributed by atoms with Crippen molar-refractivity contribution in [2.45, 2.75) is 50.9 Å². The number of rotatable bonds is 3. The summed E-state index contributed by atoms with van der Waals surface area (Å²) in [6, 6.07) is 1.12. The van der Waals surface area contributed by atoms with Gasteiger partial charge in [-0.15, -0.1) is 34.2 Å². The van der Waals surface area contributed by atoms with Crippen molar-refractivity contribution in [1.29, 1.82) is 0 Å². The van der Waals surface area contributed by atoms with Crippen LogP contribution in [0.3, 0.4) is 0 Å². The van der Waals surface area contributed by atoms with Gasteiger partial charge in [-0.05, 0) is 18.9 Å². The number of guanidine groups is 1. The molecule has 0 amide bonds. The Labute approximate surface area is 170 Å². The minimum atomic E-state index is -4.51. The van der Waals surface area contributed by atoms with Crippen LogP contribution < -0.4 is 11.1 Å². The Hall–Kier alpha value is -1.30. The summed E-state index contributed by atoms with van der Waals surface area (Å²) in [6.07, 6.45) is 2.00. The molecule has 1 aliphatic rings. The summed E-state index contributed by atoms with van der Waals surface area (Å²) in [5, 5.41) is 10.7. The van der Waals surface area contributed by atoms with Gasteiger partial charge in [0.15, 0.2) is 17.4 Å².